The maximum Gasteiger partial charge on any atom is 0.277 e. The first-order chi connectivity index (χ1) is 14.1. The van der Waals surface area contributed by atoms with E-state index in [1.165, 1.54) is 11.8 Å². The lowest BCUT2D eigenvalue weighted by molar-refractivity contribution is -0.115. The van der Waals surface area contributed by atoms with Crippen molar-refractivity contribution in [3.63, 3.8) is 0 Å². The van der Waals surface area contributed by atoms with Crippen LogP contribution in [0.5, 0.6) is 0 Å². The Kier molecular flexibility index (Phi) is 5.39. The van der Waals surface area contributed by atoms with E-state index >= 15 is 0 Å². The van der Waals surface area contributed by atoms with Gasteiger partial charge in [0.2, 0.25) is 5.91 Å². The number of rotatable bonds is 7. The van der Waals surface area contributed by atoms with Crippen molar-refractivity contribution >= 4 is 34.4 Å². The van der Waals surface area contributed by atoms with Gasteiger partial charge in [-0.05, 0) is 26.3 Å². The van der Waals surface area contributed by atoms with Crippen LogP contribution in [0.4, 0.5) is 5.82 Å². The second-order valence-electron chi connectivity index (χ2n) is 6.79. The Balaban J connectivity index is 1.45. The number of carbonyl (C=O) groups is 1. The molecule has 3 aromatic heterocycles. The third kappa shape index (κ3) is 3.91. The Labute approximate surface area is 172 Å². The van der Waals surface area contributed by atoms with Gasteiger partial charge >= 0.3 is 0 Å². The highest BCUT2D eigenvalue weighted by molar-refractivity contribution is 8.00. The molecule has 0 saturated heterocycles. The number of H-pyrrole nitrogens is 1. The number of para-hydroxylation sites is 1. The highest BCUT2D eigenvalue weighted by Crippen LogP contribution is 2.31. The van der Waals surface area contributed by atoms with Gasteiger partial charge in [-0.2, -0.15) is 5.10 Å². The third-order valence-electron chi connectivity index (χ3n) is 4.80. The van der Waals surface area contributed by atoms with Gasteiger partial charge in [0.15, 0.2) is 0 Å². The molecule has 2 atom stereocenters. The molecule has 0 saturated carbocycles. The summed E-state index contributed by atoms with van der Waals surface area (Å²) >= 11 is 1.22. The number of hydrogen-bond acceptors (Lipinski definition) is 6. The summed E-state index contributed by atoms with van der Waals surface area (Å²) in [5.41, 5.74) is 1.84. The number of nitrogens with zero attached hydrogens (tertiary/aromatic N) is 4. The fraction of sp³-hybridized carbons (Fsp3) is 0.300. The van der Waals surface area contributed by atoms with E-state index in [1.807, 2.05) is 35.1 Å². The number of hydrogen-bond donors (Lipinski definition) is 2. The molecule has 0 fully saturated rings. The molecule has 2 N–H and O–H groups in total. The molecular formula is C20H22N6O2S. The number of benzene rings is 1. The number of amides is 1. The second-order valence-corrected chi connectivity index (χ2v) is 8.08. The number of carbonyl (C=O) groups excluding carboxylic acids is 1. The van der Waals surface area contributed by atoms with Gasteiger partial charge < -0.3 is 14.7 Å². The van der Waals surface area contributed by atoms with Crippen molar-refractivity contribution in [3.8, 4) is 11.5 Å². The van der Waals surface area contributed by atoms with Gasteiger partial charge in [-0.15, -0.1) is 10.2 Å². The molecule has 29 heavy (non-hydrogen) atoms. The van der Waals surface area contributed by atoms with Crippen molar-refractivity contribution in [3.05, 3.63) is 42.7 Å². The first-order valence-corrected chi connectivity index (χ1v) is 10.4. The molecule has 3 heterocycles. The van der Waals surface area contributed by atoms with Crippen LogP contribution in [-0.2, 0) is 4.79 Å². The first-order valence-electron chi connectivity index (χ1n) is 9.47. The van der Waals surface area contributed by atoms with Crippen LogP contribution in [0.2, 0.25) is 0 Å². The minimum Gasteiger partial charge on any atom is -0.411 e. The first kappa shape index (κ1) is 19.3. The zero-order valence-electron chi connectivity index (χ0n) is 16.4. The molecule has 9 heteroatoms. The van der Waals surface area contributed by atoms with E-state index in [1.54, 1.807) is 19.2 Å². The van der Waals surface area contributed by atoms with Crippen LogP contribution in [0, 0.1) is 0 Å². The lowest BCUT2D eigenvalue weighted by atomic mass is 10.2. The second kappa shape index (κ2) is 8.12. The summed E-state index contributed by atoms with van der Waals surface area (Å²) in [6.07, 6.45) is 4.46. The van der Waals surface area contributed by atoms with Crippen LogP contribution >= 0.6 is 11.8 Å². The summed E-state index contributed by atoms with van der Waals surface area (Å²) in [4.78, 5) is 15.8. The van der Waals surface area contributed by atoms with E-state index < -0.39 is 5.25 Å². The van der Waals surface area contributed by atoms with Gasteiger partial charge in [-0.1, -0.05) is 36.9 Å². The van der Waals surface area contributed by atoms with Crippen molar-refractivity contribution < 1.29 is 9.21 Å². The monoisotopic (exact) mass is 410 g/mol. The number of aromatic nitrogens is 5. The predicted octanol–water partition coefficient (Wildman–Crippen LogP) is 4.50. The molecule has 0 unspecified atom stereocenters. The minimum absolute atomic E-state index is 0.146. The van der Waals surface area contributed by atoms with Crippen molar-refractivity contribution in [2.24, 2.45) is 0 Å². The normalized spacial score (nSPS) is 13.5. The molecule has 0 aliphatic heterocycles. The number of nitrogens with one attached hydrogen (secondary N) is 2. The van der Waals surface area contributed by atoms with Crippen molar-refractivity contribution in [2.45, 2.75) is 43.7 Å². The number of anilines is 1. The molecular weight excluding hydrogens is 388 g/mol. The van der Waals surface area contributed by atoms with Gasteiger partial charge in [0.25, 0.3) is 11.1 Å². The highest BCUT2D eigenvalue weighted by atomic mass is 32.2. The zero-order chi connectivity index (χ0) is 20.4. The summed E-state index contributed by atoms with van der Waals surface area (Å²) in [6.45, 7) is 5.95. The van der Waals surface area contributed by atoms with Crippen LogP contribution in [0.1, 0.15) is 33.2 Å². The van der Waals surface area contributed by atoms with Crippen LogP contribution in [0.15, 0.2) is 52.4 Å². The molecule has 4 aromatic rings. The number of thioether (sulfide) groups is 1. The zero-order valence-corrected chi connectivity index (χ0v) is 17.2. The maximum absolute atomic E-state index is 12.6. The third-order valence-corrected chi connectivity index (χ3v) is 5.74. The summed E-state index contributed by atoms with van der Waals surface area (Å²) < 4.78 is 7.61. The Morgan fingerprint density at radius 1 is 1.28 bits per heavy atom. The van der Waals surface area contributed by atoms with Gasteiger partial charge in [0.1, 0.15) is 5.82 Å². The Bertz CT molecular complexity index is 1130. The summed E-state index contributed by atoms with van der Waals surface area (Å²) in [5.74, 6) is 0.959. The van der Waals surface area contributed by atoms with Crippen molar-refractivity contribution in [1.29, 1.82) is 0 Å². The standard InChI is InChI=1S/C20H22N6O2S/c1-4-12(2)26-17(9-10-22-26)23-18(27)13(3)29-20-25-24-19(28-20)15-11-21-16-8-6-5-7-14(15)16/h5-13,21H,4H2,1-3H3,(H,23,27)/t12-,13+/m0/s1. The predicted molar refractivity (Wildman–Crippen MR) is 113 cm³/mol. The van der Waals surface area contributed by atoms with Gasteiger partial charge in [-0.25, -0.2) is 4.68 Å². The van der Waals surface area contributed by atoms with Crippen molar-refractivity contribution in [1.82, 2.24) is 25.0 Å². The average molecular weight is 411 g/mol. The molecule has 1 aromatic carbocycles. The van der Waals surface area contributed by atoms with Gasteiger partial charge in [-0.3, -0.25) is 4.79 Å². The van der Waals surface area contributed by atoms with E-state index in [0.29, 0.717) is 16.9 Å². The molecule has 0 aliphatic carbocycles. The molecule has 150 valence electrons. The lowest BCUT2D eigenvalue weighted by Gasteiger charge is -2.15. The fourth-order valence-electron chi connectivity index (χ4n) is 2.98. The average Bonchev–Trinajstić information content (AvgIpc) is 3.46. The van der Waals surface area contributed by atoms with Crippen LogP contribution in [0.25, 0.3) is 22.4 Å². The smallest absolute Gasteiger partial charge is 0.277 e. The quantitative estimate of drug-likeness (QED) is 0.435. The minimum atomic E-state index is -0.411. The molecule has 0 bridgehead atoms. The van der Waals surface area contributed by atoms with Crippen LogP contribution in [-0.4, -0.2) is 36.1 Å². The molecule has 4 rings (SSSR count). The van der Waals surface area contributed by atoms with Crippen LogP contribution < -0.4 is 5.32 Å². The molecule has 1 amide bonds. The summed E-state index contributed by atoms with van der Waals surface area (Å²) in [7, 11) is 0. The topological polar surface area (TPSA) is 102 Å². The largest absolute Gasteiger partial charge is 0.411 e. The van der Waals surface area contributed by atoms with E-state index in [9.17, 15) is 4.79 Å². The van der Waals surface area contributed by atoms with Gasteiger partial charge in [0, 0.05) is 23.2 Å². The molecule has 0 aliphatic rings. The summed E-state index contributed by atoms with van der Waals surface area (Å²) in [5, 5.41) is 16.4. The molecule has 8 nitrogen and oxygen atoms in total. The fourth-order valence-corrected chi connectivity index (χ4v) is 3.67. The highest BCUT2D eigenvalue weighted by Gasteiger charge is 2.21. The van der Waals surface area contributed by atoms with Crippen molar-refractivity contribution in [2.75, 3.05) is 5.32 Å². The lowest BCUT2D eigenvalue weighted by Crippen LogP contribution is -2.24. The molecule has 0 spiro atoms. The Hall–Kier alpha value is -3.07. The molecule has 0 radical (unpaired) electrons. The van der Waals surface area contributed by atoms with E-state index in [0.717, 1.165) is 22.9 Å². The maximum atomic E-state index is 12.6. The Morgan fingerprint density at radius 3 is 2.93 bits per heavy atom. The SMILES string of the molecule is CC[C@H](C)n1nccc1NC(=O)[C@@H](C)Sc1nnc(-c2c[nH]c3ccccc23)o1. The number of aromatic amines is 1. The van der Waals surface area contributed by atoms with E-state index in [-0.39, 0.29) is 11.9 Å². The van der Waals surface area contributed by atoms with E-state index in [4.69, 9.17) is 4.42 Å². The Morgan fingerprint density at radius 2 is 2.10 bits per heavy atom. The summed E-state index contributed by atoms with van der Waals surface area (Å²) in [6, 6.07) is 9.91. The number of fused-ring (bicyclic) bond motifs is 1. The van der Waals surface area contributed by atoms with E-state index in [2.05, 4.69) is 39.4 Å². The van der Waals surface area contributed by atoms with Gasteiger partial charge in [0.05, 0.1) is 23.1 Å². The van der Waals surface area contributed by atoms with Crippen LogP contribution in [0.3, 0.4) is 0 Å².